The second kappa shape index (κ2) is 6.17. The summed E-state index contributed by atoms with van der Waals surface area (Å²) in [6.07, 6.45) is 2.93. The Kier molecular flexibility index (Phi) is 4.09. The van der Waals surface area contributed by atoms with E-state index in [0.29, 0.717) is 11.7 Å². The fourth-order valence-corrected chi connectivity index (χ4v) is 2.75. The molecule has 0 N–H and O–H groups in total. The van der Waals surface area contributed by atoms with Gasteiger partial charge in [0.1, 0.15) is 6.04 Å². The molecule has 2 amide bonds. The lowest BCUT2D eigenvalue weighted by atomic mass is 10.0. The molecule has 1 aliphatic rings. The summed E-state index contributed by atoms with van der Waals surface area (Å²) < 4.78 is 5.45. The molecule has 0 unspecified atom stereocenters. The van der Waals surface area contributed by atoms with Gasteiger partial charge in [0.2, 0.25) is 11.7 Å². The molecule has 116 valence electrons. The number of carbonyl (C=O) groups is 1. The molecule has 1 fully saturated rings. The van der Waals surface area contributed by atoms with Gasteiger partial charge in [-0.2, -0.15) is 4.98 Å². The average molecular weight is 300 g/mol. The largest absolute Gasteiger partial charge is 0.337 e. The Morgan fingerprint density at radius 2 is 2.05 bits per heavy atom. The maximum Gasteiger partial charge on any atom is 0.320 e. The second-order valence-corrected chi connectivity index (χ2v) is 5.70. The molecule has 22 heavy (non-hydrogen) atoms. The summed E-state index contributed by atoms with van der Waals surface area (Å²) in [4.78, 5) is 20.2. The first-order valence-corrected chi connectivity index (χ1v) is 7.54. The van der Waals surface area contributed by atoms with Crippen molar-refractivity contribution in [1.29, 1.82) is 0 Å². The monoisotopic (exact) mass is 300 g/mol. The number of benzene rings is 1. The van der Waals surface area contributed by atoms with E-state index >= 15 is 0 Å². The van der Waals surface area contributed by atoms with E-state index in [1.165, 1.54) is 0 Å². The molecule has 0 aliphatic carbocycles. The Balaban J connectivity index is 1.86. The van der Waals surface area contributed by atoms with Crippen LogP contribution in [0.5, 0.6) is 0 Å². The third-order valence-corrected chi connectivity index (χ3v) is 3.89. The van der Waals surface area contributed by atoms with Crippen molar-refractivity contribution in [2.24, 2.45) is 0 Å². The van der Waals surface area contributed by atoms with Crippen LogP contribution in [0.1, 0.15) is 31.2 Å². The summed E-state index contributed by atoms with van der Waals surface area (Å²) >= 11 is 0. The van der Waals surface area contributed by atoms with Crippen LogP contribution in [-0.4, -0.2) is 46.6 Å². The van der Waals surface area contributed by atoms with Crippen LogP contribution in [0.25, 0.3) is 11.4 Å². The van der Waals surface area contributed by atoms with Crippen molar-refractivity contribution >= 4 is 6.03 Å². The number of hydrogen-bond acceptors (Lipinski definition) is 4. The van der Waals surface area contributed by atoms with Crippen LogP contribution in [0.4, 0.5) is 4.79 Å². The fourth-order valence-electron chi connectivity index (χ4n) is 2.75. The summed E-state index contributed by atoms with van der Waals surface area (Å²) in [7, 11) is 3.52. The van der Waals surface area contributed by atoms with Gasteiger partial charge in [0, 0.05) is 26.2 Å². The number of urea groups is 1. The van der Waals surface area contributed by atoms with Gasteiger partial charge < -0.3 is 14.3 Å². The van der Waals surface area contributed by atoms with E-state index < -0.39 is 0 Å². The Morgan fingerprint density at radius 3 is 2.77 bits per heavy atom. The van der Waals surface area contributed by atoms with Gasteiger partial charge in [0.05, 0.1) is 0 Å². The standard InChI is InChI=1S/C16H20N4O2/c1-19(2)16(21)20-11-7-6-10-13(20)15-17-14(18-22-15)12-8-4-3-5-9-12/h3-5,8-9,13H,6-7,10-11H2,1-2H3/t13-/m1/s1. The number of amides is 2. The molecule has 6 heteroatoms. The molecular formula is C16H20N4O2. The van der Waals surface area contributed by atoms with E-state index in [1.54, 1.807) is 19.0 Å². The van der Waals surface area contributed by atoms with E-state index in [9.17, 15) is 4.79 Å². The van der Waals surface area contributed by atoms with Crippen LogP contribution in [0.15, 0.2) is 34.9 Å². The van der Waals surface area contributed by atoms with E-state index in [4.69, 9.17) is 4.52 Å². The normalized spacial score (nSPS) is 18.3. The number of aromatic nitrogens is 2. The van der Waals surface area contributed by atoms with Gasteiger partial charge in [-0.15, -0.1) is 0 Å². The van der Waals surface area contributed by atoms with Gasteiger partial charge in [0.25, 0.3) is 0 Å². The average Bonchev–Trinajstić information content (AvgIpc) is 3.05. The summed E-state index contributed by atoms with van der Waals surface area (Å²) in [5.74, 6) is 1.09. The van der Waals surface area contributed by atoms with Crippen LogP contribution in [0.3, 0.4) is 0 Å². The number of carbonyl (C=O) groups excluding carboxylic acids is 1. The van der Waals surface area contributed by atoms with Crippen LogP contribution in [0.2, 0.25) is 0 Å². The first-order valence-electron chi connectivity index (χ1n) is 7.54. The zero-order chi connectivity index (χ0) is 15.5. The van der Waals surface area contributed by atoms with Gasteiger partial charge in [-0.25, -0.2) is 4.79 Å². The Labute approximate surface area is 129 Å². The molecule has 0 saturated carbocycles. The highest BCUT2D eigenvalue weighted by Crippen LogP contribution is 2.31. The number of piperidine rings is 1. The van der Waals surface area contributed by atoms with Crippen LogP contribution < -0.4 is 0 Å². The van der Waals surface area contributed by atoms with Crippen LogP contribution >= 0.6 is 0 Å². The molecule has 1 saturated heterocycles. The van der Waals surface area contributed by atoms with Gasteiger partial charge in [0.15, 0.2) is 0 Å². The summed E-state index contributed by atoms with van der Waals surface area (Å²) in [5, 5.41) is 4.06. The molecule has 2 heterocycles. The zero-order valence-electron chi connectivity index (χ0n) is 12.9. The maximum absolute atomic E-state index is 12.3. The van der Waals surface area contributed by atoms with E-state index in [-0.39, 0.29) is 12.1 Å². The Bertz CT molecular complexity index is 639. The minimum atomic E-state index is -0.131. The van der Waals surface area contributed by atoms with Crippen LogP contribution in [-0.2, 0) is 0 Å². The lowest BCUT2D eigenvalue weighted by Gasteiger charge is -2.35. The molecule has 0 spiro atoms. The zero-order valence-corrected chi connectivity index (χ0v) is 12.9. The second-order valence-electron chi connectivity index (χ2n) is 5.70. The molecule has 0 bridgehead atoms. The number of rotatable bonds is 2. The van der Waals surface area contributed by atoms with Gasteiger partial charge in [-0.05, 0) is 19.3 Å². The van der Waals surface area contributed by atoms with Crippen LogP contribution in [0, 0.1) is 0 Å². The molecule has 6 nitrogen and oxygen atoms in total. The molecular weight excluding hydrogens is 280 g/mol. The Morgan fingerprint density at radius 1 is 1.27 bits per heavy atom. The van der Waals surface area contributed by atoms with Crippen molar-refractivity contribution in [3.8, 4) is 11.4 Å². The topological polar surface area (TPSA) is 62.5 Å². The summed E-state index contributed by atoms with van der Waals surface area (Å²) in [6.45, 7) is 0.727. The highest BCUT2D eigenvalue weighted by atomic mass is 16.5. The molecule has 2 aromatic rings. The SMILES string of the molecule is CN(C)C(=O)N1CCCC[C@@H]1c1nc(-c2ccccc2)no1. The maximum atomic E-state index is 12.3. The Hall–Kier alpha value is -2.37. The smallest absolute Gasteiger partial charge is 0.320 e. The van der Waals surface area contributed by atoms with Crippen molar-refractivity contribution in [3.05, 3.63) is 36.2 Å². The quantitative estimate of drug-likeness (QED) is 0.855. The number of nitrogens with zero attached hydrogens (tertiary/aromatic N) is 4. The number of hydrogen-bond donors (Lipinski definition) is 0. The predicted octanol–water partition coefficient (Wildman–Crippen LogP) is 2.95. The highest BCUT2D eigenvalue weighted by Gasteiger charge is 2.33. The molecule has 1 aromatic heterocycles. The van der Waals surface area contributed by atoms with E-state index in [0.717, 1.165) is 31.4 Å². The lowest BCUT2D eigenvalue weighted by Crippen LogP contribution is -2.44. The molecule has 0 radical (unpaired) electrons. The molecule has 1 aliphatic heterocycles. The van der Waals surface area contributed by atoms with Crippen molar-refractivity contribution in [2.75, 3.05) is 20.6 Å². The third-order valence-electron chi connectivity index (χ3n) is 3.89. The van der Waals surface area contributed by atoms with Gasteiger partial charge >= 0.3 is 6.03 Å². The van der Waals surface area contributed by atoms with Crippen molar-refractivity contribution < 1.29 is 9.32 Å². The molecule has 3 rings (SSSR count). The minimum absolute atomic E-state index is 0.0100. The van der Waals surface area contributed by atoms with E-state index in [1.807, 2.05) is 35.2 Å². The third kappa shape index (κ3) is 2.81. The summed E-state index contributed by atoms with van der Waals surface area (Å²) in [5.41, 5.74) is 0.916. The van der Waals surface area contributed by atoms with Gasteiger partial charge in [-0.3, -0.25) is 0 Å². The fraction of sp³-hybridized carbons (Fsp3) is 0.438. The first-order chi connectivity index (χ1) is 10.7. The number of likely N-dealkylation sites (tertiary alicyclic amines) is 1. The summed E-state index contributed by atoms with van der Waals surface area (Å²) in [6, 6.07) is 9.57. The highest BCUT2D eigenvalue weighted by molar-refractivity contribution is 5.74. The minimum Gasteiger partial charge on any atom is -0.337 e. The van der Waals surface area contributed by atoms with Gasteiger partial charge in [-0.1, -0.05) is 35.5 Å². The molecule has 1 aromatic carbocycles. The van der Waals surface area contributed by atoms with E-state index in [2.05, 4.69) is 10.1 Å². The molecule has 1 atom stereocenters. The van der Waals surface area contributed by atoms with Crippen molar-refractivity contribution in [2.45, 2.75) is 25.3 Å². The predicted molar refractivity (Wildman–Crippen MR) is 82.1 cm³/mol. The first kappa shape index (κ1) is 14.6. The van der Waals surface area contributed by atoms with Crippen molar-refractivity contribution in [1.82, 2.24) is 19.9 Å². The van der Waals surface area contributed by atoms with Crippen molar-refractivity contribution in [3.63, 3.8) is 0 Å². The lowest BCUT2D eigenvalue weighted by molar-refractivity contribution is 0.113.